The quantitative estimate of drug-likeness (QED) is 0.821. The highest BCUT2D eigenvalue weighted by Crippen LogP contribution is 2.30. The van der Waals surface area contributed by atoms with Gasteiger partial charge in [0.25, 0.3) is 0 Å². The van der Waals surface area contributed by atoms with Gasteiger partial charge in [-0.15, -0.1) is 0 Å². The number of nitrogens with one attached hydrogen (secondary N) is 2. The summed E-state index contributed by atoms with van der Waals surface area (Å²) >= 11 is 9.64. The summed E-state index contributed by atoms with van der Waals surface area (Å²) in [5.41, 5.74) is 1.86. The zero-order valence-corrected chi connectivity index (χ0v) is 13.7. The summed E-state index contributed by atoms with van der Waals surface area (Å²) in [5.74, 6) is 1.64. The van der Waals surface area contributed by atoms with E-state index in [9.17, 15) is 0 Å². The van der Waals surface area contributed by atoms with Crippen molar-refractivity contribution in [2.24, 2.45) is 0 Å². The third kappa shape index (κ3) is 3.41. The van der Waals surface area contributed by atoms with Crippen LogP contribution in [-0.4, -0.2) is 16.5 Å². The predicted octanol–water partition coefficient (Wildman–Crippen LogP) is 4.63. The molecule has 0 fully saturated rings. The van der Waals surface area contributed by atoms with E-state index in [-0.39, 0.29) is 0 Å². The van der Waals surface area contributed by atoms with E-state index in [0.29, 0.717) is 5.02 Å². The van der Waals surface area contributed by atoms with Gasteiger partial charge in [-0.2, -0.15) is 0 Å². The van der Waals surface area contributed by atoms with Gasteiger partial charge in [-0.3, -0.25) is 0 Å². The third-order valence-corrected chi connectivity index (χ3v) is 3.65. The molecule has 20 heavy (non-hydrogen) atoms. The second kappa shape index (κ2) is 6.90. The van der Waals surface area contributed by atoms with Gasteiger partial charge in [0, 0.05) is 16.6 Å². The number of halogens is 2. The Labute approximate surface area is 132 Å². The lowest BCUT2D eigenvalue weighted by molar-refractivity contribution is 1.03. The number of benzene rings is 1. The largest absolute Gasteiger partial charge is 0.370 e. The molecule has 2 aromatic rings. The first-order valence-corrected chi connectivity index (χ1v) is 7.62. The van der Waals surface area contributed by atoms with Crippen LogP contribution in [0.5, 0.6) is 0 Å². The minimum absolute atomic E-state index is 0.652. The summed E-state index contributed by atoms with van der Waals surface area (Å²) in [6.45, 7) is 4.94. The first kappa shape index (κ1) is 15.1. The molecule has 0 bridgehead atoms. The molecule has 0 saturated heterocycles. The number of hydrogen-bond donors (Lipinski definition) is 2. The number of rotatable bonds is 5. The van der Waals surface area contributed by atoms with Gasteiger partial charge in [-0.1, -0.05) is 34.5 Å². The van der Waals surface area contributed by atoms with Crippen LogP contribution in [0.3, 0.4) is 0 Å². The highest BCUT2D eigenvalue weighted by Gasteiger charge is 2.11. The number of aromatic nitrogens is 2. The lowest BCUT2D eigenvalue weighted by atomic mass is 10.2. The van der Waals surface area contributed by atoms with Crippen molar-refractivity contribution in [2.75, 3.05) is 17.2 Å². The van der Waals surface area contributed by atoms with Gasteiger partial charge >= 0.3 is 0 Å². The zero-order chi connectivity index (χ0) is 14.5. The van der Waals surface area contributed by atoms with E-state index >= 15 is 0 Å². The fourth-order valence-electron chi connectivity index (χ4n) is 1.90. The van der Waals surface area contributed by atoms with E-state index in [0.717, 1.165) is 40.3 Å². The fraction of sp³-hybridized carbons (Fsp3) is 0.286. The van der Waals surface area contributed by atoms with Crippen LogP contribution in [0.4, 0.5) is 17.3 Å². The lowest BCUT2D eigenvalue weighted by Gasteiger charge is -2.14. The van der Waals surface area contributed by atoms with E-state index in [1.54, 1.807) is 6.33 Å². The molecule has 1 aromatic heterocycles. The highest BCUT2D eigenvalue weighted by atomic mass is 79.9. The van der Waals surface area contributed by atoms with Crippen molar-refractivity contribution in [2.45, 2.75) is 20.3 Å². The maximum absolute atomic E-state index is 6.20. The molecule has 4 nitrogen and oxygen atoms in total. The van der Waals surface area contributed by atoms with Crippen LogP contribution >= 0.6 is 27.5 Å². The Morgan fingerprint density at radius 2 is 1.95 bits per heavy atom. The molecule has 0 radical (unpaired) electrons. The fourth-order valence-corrected chi connectivity index (χ4v) is 2.42. The van der Waals surface area contributed by atoms with E-state index in [1.807, 2.05) is 25.1 Å². The Morgan fingerprint density at radius 1 is 1.20 bits per heavy atom. The minimum Gasteiger partial charge on any atom is -0.370 e. The highest BCUT2D eigenvalue weighted by molar-refractivity contribution is 9.10. The van der Waals surface area contributed by atoms with E-state index in [1.165, 1.54) is 0 Å². The van der Waals surface area contributed by atoms with Crippen molar-refractivity contribution in [3.8, 4) is 0 Å². The first-order chi connectivity index (χ1) is 9.65. The van der Waals surface area contributed by atoms with Crippen LogP contribution in [0.1, 0.15) is 19.4 Å². The van der Waals surface area contributed by atoms with E-state index < -0.39 is 0 Å². The second-order valence-electron chi connectivity index (χ2n) is 4.18. The van der Waals surface area contributed by atoms with Crippen molar-refractivity contribution in [1.82, 2.24) is 9.97 Å². The SMILES string of the molecule is CCNc1ncnc(Nc2cc(Br)ccc2Cl)c1CC. The molecule has 6 heteroatoms. The average molecular weight is 356 g/mol. The summed E-state index contributed by atoms with van der Waals surface area (Å²) in [6, 6.07) is 5.67. The molecular formula is C14H16BrClN4. The summed E-state index contributed by atoms with van der Waals surface area (Å²) in [6.07, 6.45) is 2.38. The molecule has 0 aliphatic heterocycles. The molecular weight excluding hydrogens is 340 g/mol. The summed E-state index contributed by atoms with van der Waals surface area (Å²) in [7, 11) is 0. The van der Waals surface area contributed by atoms with Gasteiger partial charge in [0.15, 0.2) is 0 Å². The maximum Gasteiger partial charge on any atom is 0.139 e. The molecule has 0 aliphatic rings. The van der Waals surface area contributed by atoms with Crippen molar-refractivity contribution in [3.63, 3.8) is 0 Å². The standard InChI is InChI=1S/C14H16BrClN4/c1-3-10-13(17-4-2)18-8-19-14(10)20-12-7-9(15)5-6-11(12)16/h5-8H,3-4H2,1-2H3,(H2,17,18,19,20). The summed E-state index contributed by atoms with van der Waals surface area (Å²) in [5, 5.41) is 7.18. The van der Waals surface area contributed by atoms with Crippen LogP contribution in [0.2, 0.25) is 5.02 Å². The van der Waals surface area contributed by atoms with Crippen LogP contribution < -0.4 is 10.6 Å². The Morgan fingerprint density at radius 3 is 2.65 bits per heavy atom. The Hall–Kier alpha value is -1.33. The average Bonchev–Trinajstić information content (AvgIpc) is 2.43. The summed E-state index contributed by atoms with van der Waals surface area (Å²) in [4.78, 5) is 8.60. The maximum atomic E-state index is 6.20. The van der Waals surface area contributed by atoms with Crippen LogP contribution in [-0.2, 0) is 6.42 Å². The van der Waals surface area contributed by atoms with Gasteiger partial charge in [-0.25, -0.2) is 9.97 Å². The molecule has 0 saturated carbocycles. The Kier molecular flexibility index (Phi) is 5.20. The topological polar surface area (TPSA) is 49.8 Å². The van der Waals surface area contributed by atoms with E-state index in [2.05, 4.69) is 43.5 Å². The molecule has 0 spiro atoms. The number of nitrogens with zero attached hydrogens (tertiary/aromatic N) is 2. The molecule has 2 N–H and O–H groups in total. The van der Waals surface area contributed by atoms with Gasteiger partial charge < -0.3 is 10.6 Å². The van der Waals surface area contributed by atoms with Gasteiger partial charge in [0.05, 0.1) is 10.7 Å². The lowest BCUT2D eigenvalue weighted by Crippen LogP contribution is -2.07. The smallest absolute Gasteiger partial charge is 0.139 e. The van der Waals surface area contributed by atoms with Crippen LogP contribution in [0.25, 0.3) is 0 Å². The van der Waals surface area contributed by atoms with Crippen molar-refractivity contribution in [3.05, 3.63) is 39.6 Å². The number of hydrogen-bond acceptors (Lipinski definition) is 4. The Balaban J connectivity index is 2.37. The molecule has 0 amide bonds. The van der Waals surface area contributed by atoms with Gasteiger partial charge in [0.2, 0.25) is 0 Å². The normalized spacial score (nSPS) is 10.4. The van der Waals surface area contributed by atoms with Crippen LogP contribution in [0.15, 0.2) is 29.0 Å². The van der Waals surface area contributed by atoms with E-state index in [4.69, 9.17) is 11.6 Å². The third-order valence-electron chi connectivity index (χ3n) is 2.82. The molecule has 0 unspecified atom stereocenters. The molecule has 0 atom stereocenters. The molecule has 2 rings (SSSR count). The van der Waals surface area contributed by atoms with Gasteiger partial charge in [-0.05, 0) is 31.5 Å². The Bertz CT molecular complexity index is 604. The second-order valence-corrected chi connectivity index (χ2v) is 5.51. The van der Waals surface area contributed by atoms with Crippen molar-refractivity contribution < 1.29 is 0 Å². The summed E-state index contributed by atoms with van der Waals surface area (Å²) < 4.78 is 0.961. The van der Waals surface area contributed by atoms with Gasteiger partial charge in [0.1, 0.15) is 18.0 Å². The predicted molar refractivity (Wildman–Crippen MR) is 88.0 cm³/mol. The molecule has 1 aromatic carbocycles. The van der Waals surface area contributed by atoms with Crippen molar-refractivity contribution in [1.29, 1.82) is 0 Å². The minimum atomic E-state index is 0.652. The zero-order valence-electron chi connectivity index (χ0n) is 11.4. The first-order valence-electron chi connectivity index (χ1n) is 6.45. The van der Waals surface area contributed by atoms with Crippen LogP contribution in [0, 0.1) is 0 Å². The monoisotopic (exact) mass is 354 g/mol. The number of anilines is 3. The molecule has 106 valence electrons. The van der Waals surface area contributed by atoms with Crippen molar-refractivity contribution >= 4 is 44.9 Å². The molecule has 1 heterocycles. The molecule has 0 aliphatic carbocycles.